The van der Waals surface area contributed by atoms with Crippen LogP contribution in [0.4, 0.5) is 0 Å². The Morgan fingerprint density at radius 2 is 2.08 bits per heavy atom. The molecule has 0 aliphatic heterocycles. The molecule has 0 heterocycles. The summed E-state index contributed by atoms with van der Waals surface area (Å²) in [5, 5.41) is 0. The summed E-state index contributed by atoms with van der Waals surface area (Å²) >= 11 is 0. The number of hydrogen-bond donors (Lipinski definition) is 1. The van der Waals surface area contributed by atoms with E-state index in [-0.39, 0.29) is 18.2 Å². The van der Waals surface area contributed by atoms with Gasteiger partial charge in [-0.15, -0.1) is 0 Å². The van der Waals surface area contributed by atoms with Crippen molar-refractivity contribution in [3.05, 3.63) is 0 Å². The van der Waals surface area contributed by atoms with Crippen LogP contribution in [-0.4, -0.2) is 12.2 Å². The highest BCUT2D eigenvalue weighted by atomic mass is 16.1. The topological polar surface area (TPSA) is 60.2 Å². The molecule has 0 bridgehead atoms. The van der Waals surface area contributed by atoms with Crippen molar-refractivity contribution in [3.63, 3.8) is 0 Å². The summed E-state index contributed by atoms with van der Waals surface area (Å²) in [7, 11) is 0. The SMILES string of the molecule is NC(=O)C[C@H](C=O)CC1CCCC1. The Morgan fingerprint density at radius 1 is 1.46 bits per heavy atom. The summed E-state index contributed by atoms with van der Waals surface area (Å²) in [6.07, 6.45) is 6.92. The number of nitrogens with two attached hydrogens (primary N) is 1. The van der Waals surface area contributed by atoms with Gasteiger partial charge in [0, 0.05) is 12.3 Å². The summed E-state index contributed by atoms with van der Waals surface area (Å²) in [5.41, 5.74) is 5.05. The number of hydrogen-bond acceptors (Lipinski definition) is 2. The maximum Gasteiger partial charge on any atom is 0.218 e. The van der Waals surface area contributed by atoms with E-state index in [2.05, 4.69) is 0 Å². The van der Waals surface area contributed by atoms with Crippen molar-refractivity contribution >= 4 is 12.2 Å². The number of aldehydes is 1. The first kappa shape index (κ1) is 10.2. The molecular weight excluding hydrogens is 166 g/mol. The van der Waals surface area contributed by atoms with E-state index in [1.54, 1.807) is 0 Å². The molecule has 0 aromatic carbocycles. The number of carbonyl (C=O) groups is 2. The highest BCUT2D eigenvalue weighted by Gasteiger charge is 2.20. The van der Waals surface area contributed by atoms with E-state index in [0.717, 1.165) is 12.7 Å². The van der Waals surface area contributed by atoms with Crippen molar-refractivity contribution < 1.29 is 9.59 Å². The third-order valence-corrected chi connectivity index (χ3v) is 2.77. The van der Waals surface area contributed by atoms with Crippen LogP contribution in [0.5, 0.6) is 0 Å². The molecular formula is C10H17NO2. The third kappa shape index (κ3) is 3.57. The van der Waals surface area contributed by atoms with Crippen LogP contribution in [-0.2, 0) is 9.59 Å². The number of carbonyl (C=O) groups excluding carboxylic acids is 2. The van der Waals surface area contributed by atoms with Crippen molar-refractivity contribution in [2.45, 2.75) is 38.5 Å². The Bertz CT molecular complexity index is 185. The molecule has 1 fully saturated rings. The quantitative estimate of drug-likeness (QED) is 0.652. The summed E-state index contributed by atoms with van der Waals surface area (Å²) in [5.74, 6) is 0.144. The van der Waals surface area contributed by atoms with E-state index < -0.39 is 0 Å². The van der Waals surface area contributed by atoms with Gasteiger partial charge < -0.3 is 10.5 Å². The first-order valence-corrected chi connectivity index (χ1v) is 4.96. The third-order valence-electron chi connectivity index (χ3n) is 2.77. The zero-order valence-corrected chi connectivity index (χ0v) is 7.87. The van der Waals surface area contributed by atoms with Gasteiger partial charge >= 0.3 is 0 Å². The fourth-order valence-corrected chi connectivity index (χ4v) is 2.12. The zero-order valence-electron chi connectivity index (χ0n) is 7.87. The van der Waals surface area contributed by atoms with Gasteiger partial charge in [-0.2, -0.15) is 0 Å². The summed E-state index contributed by atoms with van der Waals surface area (Å²) in [6, 6.07) is 0. The molecule has 0 aromatic heterocycles. The summed E-state index contributed by atoms with van der Waals surface area (Å²) in [4.78, 5) is 21.2. The van der Waals surface area contributed by atoms with Crippen molar-refractivity contribution in [1.82, 2.24) is 0 Å². The lowest BCUT2D eigenvalue weighted by molar-refractivity contribution is -0.122. The fourth-order valence-electron chi connectivity index (χ4n) is 2.12. The smallest absolute Gasteiger partial charge is 0.218 e. The predicted octanol–water partition coefficient (Wildman–Crippen LogP) is 1.26. The fraction of sp³-hybridized carbons (Fsp3) is 0.800. The molecule has 1 saturated carbocycles. The van der Waals surface area contributed by atoms with E-state index in [4.69, 9.17) is 5.73 Å². The molecule has 1 aliphatic carbocycles. The van der Waals surface area contributed by atoms with Gasteiger partial charge in [0.2, 0.25) is 5.91 Å². The second-order valence-corrected chi connectivity index (χ2v) is 3.95. The van der Waals surface area contributed by atoms with Crippen LogP contribution in [0.1, 0.15) is 38.5 Å². The van der Waals surface area contributed by atoms with E-state index >= 15 is 0 Å². The first-order valence-electron chi connectivity index (χ1n) is 4.96. The normalized spacial score (nSPS) is 20.0. The van der Waals surface area contributed by atoms with Gasteiger partial charge in [0.1, 0.15) is 6.29 Å². The van der Waals surface area contributed by atoms with Gasteiger partial charge in [-0.25, -0.2) is 0 Å². The van der Waals surface area contributed by atoms with Gasteiger partial charge in [0.15, 0.2) is 0 Å². The molecule has 1 rings (SSSR count). The van der Waals surface area contributed by atoms with Crippen LogP contribution in [0.3, 0.4) is 0 Å². The minimum absolute atomic E-state index is 0.138. The lowest BCUT2D eigenvalue weighted by Crippen LogP contribution is -2.19. The second kappa shape index (κ2) is 5.00. The molecule has 3 heteroatoms. The summed E-state index contributed by atoms with van der Waals surface area (Å²) < 4.78 is 0. The molecule has 2 N–H and O–H groups in total. The standard InChI is InChI=1S/C10H17NO2/c11-10(13)6-9(7-12)5-8-3-1-2-4-8/h7-9H,1-6H2,(H2,11,13)/t9-/m1/s1. The minimum Gasteiger partial charge on any atom is -0.370 e. The zero-order chi connectivity index (χ0) is 9.68. The highest BCUT2D eigenvalue weighted by Crippen LogP contribution is 2.30. The largest absolute Gasteiger partial charge is 0.370 e. The number of primary amides is 1. The lowest BCUT2D eigenvalue weighted by atomic mass is 9.92. The highest BCUT2D eigenvalue weighted by molar-refractivity contribution is 5.77. The molecule has 0 spiro atoms. The van der Waals surface area contributed by atoms with Crippen molar-refractivity contribution in [1.29, 1.82) is 0 Å². The molecule has 74 valence electrons. The minimum atomic E-state index is -0.366. The predicted molar refractivity (Wildman–Crippen MR) is 49.9 cm³/mol. The van der Waals surface area contributed by atoms with E-state index in [0.29, 0.717) is 5.92 Å². The van der Waals surface area contributed by atoms with Crippen molar-refractivity contribution in [2.75, 3.05) is 0 Å². The van der Waals surface area contributed by atoms with E-state index in [9.17, 15) is 9.59 Å². The Hall–Kier alpha value is -0.860. The maximum atomic E-state index is 10.6. The Kier molecular flexibility index (Phi) is 3.93. The second-order valence-electron chi connectivity index (χ2n) is 3.95. The van der Waals surface area contributed by atoms with Crippen LogP contribution >= 0.6 is 0 Å². The number of rotatable bonds is 5. The van der Waals surface area contributed by atoms with Crippen LogP contribution < -0.4 is 5.73 Å². The lowest BCUT2D eigenvalue weighted by Gasteiger charge is -2.12. The van der Waals surface area contributed by atoms with Gasteiger partial charge in [-0.3, -0.25) is 4.79 Å². The van der Waals surface area contributed by atoms with Crippen LogP contribution in [0.25, 0.3) is 0 Å². The molecule has 1 amide bonds. The monoisotopic (exact) mass is 183 g/mol. The van der Waals surface area contributed by atoms with E-state index in [1.165, 1.54) is 25.7 Å². The average Bonchev–Trinajstić information content (AvgIpc) is 2.55. The van der Waals surface area contributed by atoms with Gasteiger partial charge in [0.05, 0.1) is 0 Å². The van der Waals surface area contributed by atoms with Gasteiger partial charge in [0.25, 0.3) is 0 Å². The van der Waals surface area contributed by atoms with Gasteiger partial charge in [-0.1, -0.05) is 25.7 Å². The average molecular weight is 183 g/mol. The molecule has 1 aliphatic rings. The Morgan fingerprint density at radius 3 is 2.54 bits per heavy atom. The number of amides is 1. The Labute approximate surface area is 78.7 Å². The maximum absolute atomic E-state index is 10.6. The molecule has 0 saturated heterocycles. The molecule has 0 unspecified atom stereocenters. The van der Waals surface area contributed by atoms with E-state index in [1.807, 2.05) is 0 Å². The molecule has 13 heavy (non-hydrogen) atoms. The summed E-state index contributed by atoms with van der Waals surface area (Å²) in [6.45, 7) is 0. The molecule has 0 radical (unpaired) electrons. The molecule has 0 aromatic rings. The van der Waals surface area contributed by atoms with Crippen LogP contribution in [0, 0.1) is 11.8 Å². The first-order chi connectivity index (χ1) is 6.22. The van der Waals surface area contributed by atoms with Crippen LogP contribution in [0.15, 0.2) is 0 Å². The Balaban J connectivity index is 2.29. The molecule has 1 atom stereocenters. The van der Waals surface area contributed by atoms with Gasteiger partial charge in [-0.05, 0) is 12.3 Å². The van der Waals surface area contributed by atoms with Crippen molar-refractivity contribution in [2.24, 2.45) is 17.6 Å². The van der Waals surface area contributed by atoms with Crippen LogP contribution in [0.2, 0.25) is 0 Å². The molecule has 3 nitrogen and oxygen atoms in total. The van der Waals surface area contributed by atoms with Crippen molar-refractivity contribution in [3.8, 4) is 0 Å².